The molecule has 2 heterocycles. The zero-order chi connectivity index (χ0) is 23.9. The van der Waals surface area contributed by atoms with Crippen LogP contribution in [0.3, 0.4) is 0 Å². The van der Waals surface area contributed by atoms with Crippen LogP contribution in [0.1, 0.15) is 35.5 Å². The van der Waals surface area contributed by atoms with E-state index in [2.05, 4.69) is 15.3 Å². The molecule has 7 nitrogen and oxygen atoms in total. The lowest BCUT2D eigenvalue weighted by Crippen LogP contribution is -2.60. The van der Waals surface area contributed by atoms with E-state index in [1.54, 1.807) is 6.92 Å². The maximum Gasteiger partial charge on any atom is 0.424 e. The molecular weight excluding hydrogens is 432 g/mol. The van der Waals surface area contributed by atoms with Gasteiger partial charge in [-0.15, -0.1) is 0 Å². The first-order chi connectivity index (χ1) is 14.8. The molecule has 0 radical (unpaired) electrons. The summed E-state index contributed by atoms with van der Waals surface area (Å²) in [6.07, 6.45) is -4.79. The Morgan fingerprint density at radius 3 is 2.50 bits per heavy atom. The van der Waals surface area contributed by atoms with Gasteiger partial charge in [-0.1, -0.05) is 0 Å². The number of aromatic nitrogens is 1. The Kier molecular flexibility index (Phi) is 5.90. The van der Waals surface area contributed by atoms with E-state index < -0.39 is 41.5 Å². The van der Waals surface area contributed by atoms with Gasteiger partial charge in [0.2, 0.25) is 11.5 Å². The van der Waals surface area contributed by atoms with E-state index in [9.17, 15) is 22.4 Å². The predicted octanol–water partition coefficient (Wildman–Crippen LogP) is 3.71. The second kappa shape index (κ2) is 8.05. The second-order valence-electron chi connectivity index (χ2n) is 7.73. The zero-order valence-corrected chi connectivity index (χ0v) is 17.8. The molecule has 0 bridgehead atoms. The van der Waals surface area contributed by atoms with Crippen LogP contribution in [0.2, 0.25) is 0 Å². The number of benzene rings is 1. The fourth-order valence-corrected chi connectivity index (χ4v) is 3.23. The molecule has 0 saturated heterocycles. The SMILES string of the molecule is COc1ccc(C(=O)Nc2ccc(F)c(C3(C)COC(C)(C(F)(F)F)C(N)=N3)c2)c(C)n1. The molecular formula is C21H22F4N4O3. The number of hydrogen-bond donors (Lipinski definition) is 2. The minimum Gasteiger partial charge on any atom is -0.481 e. The number of nitrogens with one attached hydrogen (secondary N) is 1. The lowest BCUT2D eigenvalue weighted by atomic mass is 9.89. The van der Waals surface area contributed by atoms with Crippen molar-refractivity contribution in [2.75, 3.05) is 19.0 Å². The number of carbonyl (C=O) groups is 1. The number of pyridine rings is 1. The van der Waals surface area contributed by atoms with Crippen molar-refractivity contribution in [3.8, 4) is 5.88 Å². The maximum atomic E-state index is 14.6. The molecule has 1 amide bonds. The number of anilines is 1. The van der Waals surface area contributed by atoms with Gasteiger partial charge in [-0.05, 0) is 45.0 Å². The largest absolute Gasteiger partial charge is 0.481 e. The van der Waals surface area contributed by atoms with Gasteiger partial charge in [0, 0.05) is 17.3 Å². The van der Waals surface area contributed by atoms with E-state index in [1.807, 2.05) is 0 Å². The smallest absolute Gasteiger partial charge is 0.424 e. The number of nitrogens with zero attached hydrogens (tertiary/aromatic N) is 2. The number of alkyl halides is 3. The summed E-state index contributed by atoms with van der Waals surface area (Å²) in [5, 5.41) is 2.63. The van der Waals surface area contributed by atoms with Crippen LogP contribution < -0.4 is 15.8 Å². The van der Waals surface area contributed by atoms with Gasteiger partial charge in [-0.2, -0.15) is 13.2 Å². The minimum atomic E-state index is -4.79. The average Bonchev–Trinajstić information content (AvgIpc) is 2.71. The quantitative estimate of drug-likeness (QED) is 0.687. The van der Waals surface area contributed by atoms with Gasteiger partial charge in [0.05, 0.1) is 25.0 Å². The molecule has 1 aliphatic rings. The lowest BCUT2D eigenvalue weighted by molar-refractivity contribution is -0.249. The van der Waals surface area contributed by atoms with Gasteiger partial charge in [0.25, 0.3) is 5.91 Å². The number of hydrogen-bond acceptors (Lipinski definition) is 6. The standard InChI is InChI=1S/C21H22F4N4O3/c1-11-13(6-8-16(27-11)31-4)17(30)28-12-5-7-15(22)14(9-12)19(2)10-32-20(3,18(26)29-19)21(23,24)25/h5-9H,10H2,1-4H3,(H2,26,29)(H,28,30). The summed E-state index contributed by atoms with van der Waals surface area (Å²) < 4.78 is 64.7. The molecule has 2 aromatic rings. The highest BCUT2D eigenvalue weighted by atomic mass is 19.4. The highest BCUT2D eigenvalue weighted by molar-refractivity contribution is 6.05. The number of amidine groups is 1. The summed E-state index contributed by atoms with van der Waals surface area (Å²) in [6.45, 7) is 3.23. The molecule has 2 unspecified atom stereocenters. The van der Waals surface area contributed by atoms with Crippen molar-refractivity contribution < 1.29 is 31.8 Å². The number of ether oxygens (including phenoxy) is 2. The van der Waals surface area contributed by atoms with Crippen molar-refractivity contribution in [2.24, 2.45) is 10.7 Å². The van der Waals surface area contributed by atoms with Crippen LogP contribution in [0.25, 0.3) is 0 Å². The lowest BCUT2D eigenvalue weighted by Gasteiger charge is -2.41. The van der Waals surface area contributed by atoms with E-state index in [-0.39, 0.29) is 16.8 Å². The zero-order valence-electron chi connectivity index (χ0n) is 17.8. The van der Waals surface area contributed by atoms with Gasteiger partial charge < -0.3 is 20.5 Å². The van der Waals surface area contributed by atoms with Crippen molar-refractivity contribution in [1.82, 2.24) is 4.98 Å². The normalized spacial score (nSPS) is 23.4. The van der Waals surface area contributed by atoms with Gasteiger partial charge >= 0.3 is 6.18 Å². The van der Waals surface area contributed by atoms with Crippen molar-refractivity contribution in [2.45, 2.75) is 38.1 Å². The first kappa shape index (κ1) is 23.5. The molecule has 172 valence electrons. The van der Waals surface area contributed by atoms with Crippen molar-refractivity contribution in [1.29, 1.82) is 0 Å². The monoisotopic (exact) mass is 454 g/mol. The Labute approximate surface area is 181 Å². The van der Waals surface area contributed by atoms with E-state index >= 15 is 0 Å². The molecule has 1 aromatic heterocycles. The van der Waals surface area contributed by atoms with Gasteiger partial charge in [-0.3, -0.25) is 9.79 Å². The Balaban J connectivity index is 1.92. The third-order valence-electron chi connectivity index (χ3n) is 5.36. The highest BCUT2D eigenvalue weighted by Gasteiger charge is 2.59. The van der Waals surface area contributed by atoms with E-state index in [0.29, 0.717) is 11.6 Å². The van der Waals surface area contributed by atoms with E-state index in [0.717, 1.165) is 13.0 Å². The molecule has 2 atom stereocenters. The summed E-state index contributed by atoms with van der Waals surface area (Å²) >= 11 is 0. The highest BCUT2D eigenvalue weighted by Crippen LogP contribution is 2.41. The van der Waals surface area contributed by atoms with Crippen molar-refractivity contribution in [3.63, 3.8) is 0 Å². The number of amides is 1. The molecule has 0 fully saturated rings. The van der Waals surface area contributed by atoms with Crippen LogP contribution in [-0.2, 0) is 10.3 Å². The second-order valence-corrected chi connectivity index (χ2v) is 7.73. The first-order valence-corrected chi connectivity index (χ1v) is 9.50. The van der Waals surface area contributed by atoms with Crippen LogP contribution in [0.4, 0.5) is 23.2 Å². The van der Waals surface area contributed by atoms with E-state index in [1.165, 1.54) is 38.3 Å². The predicted molar refractivity (Wildman–Crippen MR) is 109 cm³/mol. The fourth-order valence-electron chi connectivity index (χ4n) is 3.23. The van der Waals surface area contributed by atoms with Crippen molar-refractivity contribution in [3.05, 3.63) is 53.0 Å². The molecule has 3 rings (SSSR count). The van der Waals surface area contributed by atoms with Crippen LogP contribution in [0.5, 0.6) is 5.88 Å². The van der Waals surface area contributed by atoms with Gasteiger partial charge in [0.15, 0.2) is 0 Å². The molecule has 11 heteroatoms. The van der Waals surface area contributed by atoms with Crippen LogP contribution >= 0.6 is 0 Å². The number of rotatable bonds is 4. The molecule has 0 saturated carbocycles. The first-order valence-electron chi connectivity index (χ1n) is 9.50. The molecule has 1 aromatic carbocycles. The number of carbonyl (C=O) groups excluding carboxylic acids is 1. The molecule has 0 aliphatic carbocycles. The third kappa shape index (κ3) is 4.12. The topological polar surface area (TPSA) is 98.8 Å². The van der Waals surface area contributed by atoms with Crippen LogP contribution in [-0.4, -0.2) is 42.2 Å². The number of aliphatic imine (C=N–C) groups is 1. The summed E-state index contributed by atoms with van der Waals surface area (Å²) in [7, 11) is 1.45. The summed E-state index contributed by atoms with van der Waals surface area (Å²) in [5.74, 6) is -1.71. The number of methoxy groups -OCH3 is 1. The Morgan fingerprint density at radius 2 is 1.94 bits per heavy atom. The van der Waals surface area contributed by atoms with Gasteiger partial charge in [0.1, 0.15) is 17.2 Å². The molecule has 0 spiro atoms. The fraction of sp³-hybridized carbons (Fsp3) is 0.381. The van der Waals surface area contributed by atoms with Crippen LogP contribution in [0, 0.1) is 12.7 Å². The summed E-state index contributed by atoms with van der Waals surface area (Å²) in [6, 6.07) is 6.74. The molecule has 3 N–H and O–H groups in total. The Hall–Kier alpha value is -3.21. The van der Waals surface area contributed by atoms with Crippen molar-refractivity contribution >= 4 is 17.4 Å². The van der Waals surface area contributed by atoms with Crippen LogP contribution in [0.15, 0.2) is 35.3 Å². The maximum absolute atomic E-state index is 14.6. The number of halogens is 4. The third-order valence-corrected chi connectivity index (χ3v) is 5.36. The molecule has 1 aliphatic heterocycles. The van der Waals surface area contributed by atoms with Gasteiger partial charge in [-0.25, -0.2) is 9.37 Å². The minimum absolute atomic E-state index is 0.0768. The Morgan fingerprint density at radius 1 is 1.25 bits per heavy atom. The summed E-state index contributed by atoms with van der Waals surface area (Å²) in [4.78, 5) is 20.7. The summed E-state index contributed by atoms with van der Waals surface area (Å²) in [5.41, 5.74) is 2.11. The Bertz CT molecular complexity index is 1090. The number of aryl methyl sites for hydroxylation is 1. The van der Waals surface area contributed by atoms with E-state index in [4.69, 9.17) is 15.2 Å². The molecule has 32 heavy (non-hydrogen) atoms. The average molecular weight is 454 g/mol. The number of nitrogens with two attached hydrogens (primary N) is 1.